The first kappa shape index (κ1) is 12.7. The zero-order valence-corrected chi connectivity index (χ0v) is 11.0. The second-order valence-electron chi connectivity index (χ2n) is 5.17. The summed E-state index contributed by atoms with van der Waals surface area (Å²) in [5.41, 5.74) is 7.12. The monoisotopic (exact) mass is 249 g/mol. The number of aryl methyl sites for hydroxylation is 1. The first-order chi connectivity index (χ1) is 8.42. The molecule has 0 unspecified atom stereocenters. The molecule has 0 spiro atoms. The minimum atomic E-state index is -0.290. The van der Waals surface area contributed by atoms with E-state index in [9.17, 15) is 4.79 Å². The SMILES string of the molecule is COc1cccc2c1[nH]c(=O)n2CCC(C)(C)N. The second-order valence-corrected chi connectivity index (χ2v) is 5.17. The van der Waals surface area contributed by atoms with Crippen LogP contribution in [0.4, 0.5) is 0 Å². The van der Waals surface area contributed by atoms with Crippen LogP contribution in [-0.4, -0.2) is 22.2 Å². The van der Waals surface area contributed by atoms with Crippen LogP contribution in [0.3, 0.4) is 0 Å². The smallest absolute Gasteiger partial charge is 0.326 e. The minimum absolute atomic E-state index is 0.126. The highest BCUT2D eigenvalue weighted by molar-refractivity contribution is 5.81. The maximum Gasteiger partial charge on any atom is 0.326 e. The van der Waals surface area contributed by atoms with Gasteiger partial charge >= 0.3 is 5.69 Å². The topological polar surface area (TPSA) is 73.0 Å². The fraction of sp³-hybridized carbons (Fsp3) is 0.462. The molecule has 1 heterocycles. The Morgan fingerprint density at radius 2 is 2.17 bits per heavy atom. The molecule has 0 aliphatic rings. The number of nitrogens with two attached hydrogens (primary N) is 1. The molecule has 5 nitrogen and oxygen atoms in total. The predicted molar refractivity (Wildman–Crippen MR) is 72.0 cm³/mol. The molecule has 18 heavy (non-hydrogen) atoms. The van der Waals surface area contributed by atoms with E-state index in [1.807, 2.05) is 32.0 Å². The van der Waals surface area contributed by atoms with Crippen molar-refractivity contribution in [1.29, 1.82) is 0 Å². The van der Waals surface area contributed by atoms with Crippen molar-refractivity contribution >= 4 is 11.0 Å². The van der Waals surface area contributed by atoms with Crippen molar-refractivity contribution in [2.75, 3.05) is 7.11 Å². The van der Waals surface area contributed by atoms with E-state index in [0.29, 0.717) is 12.3 Å². The largest absolute Gasteiger partial charge is 0.494 e. The van der Waals surface area contributed by atoms with Gasteiger partial charge in [-0.25, -0.2) is 4.79 Å². The van der Waals surface area contributed by atoms with Gasteiger partial charge in [0.2, 0.25) is 0 Å². The van der Waals surface area contributed by atoms with Gasteiger partial charge in [0.25, 0.3) is 0 Å². The first-order valence-electron chi connectivity index (χ1n) is 5.97. The second kappa shape index (κ2) is 4.49. The molecule has 2 aromatic rings. The molecule has 0 saturated carbocycles. The Morgan fingerprint density at radius 3 is 2.78 bits per heavy atom. The zero-order valence-electron chi connectivity index (χ0n) is 11.0. The third-order valence-corrected chi connectivity index (χ3v) is 2.97. The molecule has 1 aromatic heterocycles. The van der Waals surface area contributed by atoms with Crippen molar-refractivity contribution < 1.29 is 4.74 Å². The van der Waals surface area contributed by atoms with Crippen LogP contribution in [0.2, 0.25) is 0 Å². The van der Waals surface area contributed by atoms with E-state index in [4.69, 9.17) is 10.5 Å². The number of ether oxygens (including phenoxy) is 1. The van der Waals surface area contributed by atoms with Crippen LogP contribution in [0.15, 0.2) is 23.0 Å². The van der Waals surface area contributed by atoms with Gasteiger partial charge < -0.3 is 15.5 Å². The third kappa shape index (κ3) is 2.41. The summed E-state index contributed by atoms with van der Waals surface area (Å²) in [4.78, 5) is 14.8. The molecule has 0 saturated heterocycles. The molecule has 3 N–H and O–H groups in total. The molecular formula is C13H19N3O2. The number of rotatable bonds is 4. The number of benzene rings is 1. The highest BCUT2D eigenvalue weighted by Gasteiger charge is 2.14. The summed E-state index contributed by atoms with van der Waals surface area (Å²) in [5, 5.41) is 0. The summed E-state index contributed by atoms with van der Waals surface area (Å²) in [7, 11) is 1.59. The molecule has 1 aromatic carbocycles. The van der Waals surface area contributed by atoms with Gasteiger partial charge in [-0.05, 0) is 32.4 Å². The number of para-hydroxylation sites is 1. The standard InChI is InChI=1S/C13H19N3O2/c1-13(2,14)7-8-16-9-5-4-6-10(18-3)11(9)15-12(16)17/h4-6H,7-8,14H2,1-3H3,(H,15,17). The van der Waals surface area contributed by atoms with Crippen molar-refractivity contribution in [2.24, 2.45) is 5.73 Å². The van der Waals surface area contributed by atoms with Gasteiger partial charge in [0.1, 0.15) is 11.3 Å². The molecule has 2 rings (SSSR count). The van der Waals surface area contributed by atoms with Crippen LogP contribution < -0.4 is 16.2 Å². The van der Waals surface area contributed by atoms with Gasteiger partial charge in [0.05, 0.1) is 12.6 Å². The Balaban J connectivity index is 2.45. The molecule has 0 amide bonds. The number of imidazole rings is 1. The van der Waals surface area contributed by atoms with Crippen LogP contribution >= 0.6 is 0 Å². The number of nitrogens with zero attached hydrogens (tertiary/aromatic N) is 1. The molecule has 0 bridgehead atoms. The maximum absolute atomic E-state index is 11.9. The third-order valence-electron chi connectivity index (χ3n) is 2.97. The molecule has 0 aliphatic heterocycles. The van der Waals surface area contributed by atoms with Gasteiger partial charge in [0, 0.05) is 12.1 Å². The van der Waals surface area contributed by atoms with Crippen LogP contribution in [0.1, 0.15) is 20.3 Å². The van der Waals surface area contributed by atoms with Crippen LogP contribution in [0.5, 0.6) is 5.75 Å². The van der Waals surface area contributed by atoms with Gasteiger partial charge in [-0.15, -0.1) is 0 Å². The number of nitrogens with one attached hydrogen (secondary N) is 1. The summed E-state index contributed by atoms with van der Waals surface area (Å²) in [6.07, 6.45) is 0.733. The summed E-state index contributed by atoms with van der Waals surface area (Å²) >= 11 is 0. The van der Waals surface area contributed by atoms with E-state index in [0.717, 1.165) is 17.5 Å². The number of fused-ring (bicyclic) bond motifs is 1. The lowest BCUT2D eigenvalue weighted by Crippen LogP contribution is -2.34. The molecule has 0 fully saturated rings. The summed E-state index contributed by atoms with van der Waals surface area (Å²) in [5.74, 6) is 0.676. The Kier molecular flexibility index (Phi) is 3.17. The fourth-order valence-electron chi connectivity index (χ4n) is 1.95. The van der Waals surface area contributed by atoms with Crippen molar-refractivity contribution in [3.63, 3.8) is 0 Å². The van der Waals surface area contributed by atoms with Crippen LogP contribution in [0.25, 0.3) is 11.0 Å². The first-order valence-corrected chi connectivity index (χ1v) is 5.97. The Hall–Kier alpha value is -1.75. The number of aromatic amines is 1. The summed E-state index contributed by atoms with van der Waals surface area (Å²) < 4.78 is 6.93. The van der Waals surface area contributed by atoms with Crippen molar-refractivity contribution in [1.82, 2.24) is 9.55 Å². The molecule has 0 radical (unpaired) electrons. The van der Waals surface area contributed by atoms with E-state index in [1.54, 1.807) is 11.7 Å². The number of aromatic nitrogens is 2. The number of methoxy groups -OCH3 is 1. The van der Waals surface area contributed by atoms with E-state index >= 15 is 0 Å². The van der Waals surface area contributed by atoms with Crippen molar-refractivity contribution in [3.8, 4) is 5.75 Å². The average molecular weight is 249 g/mol. The quantitative estimate of drug-likeness (QED) is 0.861. The lowest BCUT2D eigenvalue weighted by Gasteiger charge is -2.18. The van der Waals surface area contributed by atoms with Crippen molar-refractivity contribution in [3.05, 3.63) is 28.7 Å². The minimum Gasteiger partial charge on any atom is -0.494 e. The maximum atomic E-state index is 11.9. The Morgan fingerprint density at radius 1 is 1.44 bits per heavy atom. The summed E-state index contributed by atoms with van der Waals surface area (Å²) in [6, 6.07) is 5.60. The molecule has 0 aliphatic carbocycles. The van der Waals surface area contributed by atoms with E-state index in [2.05, 4.69) is 4.98 Å². The molecule has 98 valence electrons. The fourth-order valence-corrected chi connectivity index (χ4v) is 1.95. The lowest BCUT2D eigenvalue weighted by atomic mass is 10.0. The molecular weight excluding hydrogens is 230 g/mol. The predicted octanol–water partition coefficient (Wildman–Crippen LogP) is 1.47. The van der Waals surface area contributed by atoms with E-state index in [1.165, 1.54) is 0 Å². The van der Waals surface area contributed by atoms with Crippen molar-refractivity contribution in [2.45, 2.75) is 32.4 Å². The molecule has 5 heteroatoms. The van der Waals surface area contributed by atoms with E-state index < -0.39 is 0 Å². The number of H-pyrrole nitrogens is 1. The number of hydrogen-bond acceptors (Lipinski definition) is 3. The normalized spacial score (nSPS) is 12.0. The zero-order chi connectivity index (χ0) is 13.3. The Labute approximate surface area is 106 Å². The van der Waals surface area contributed by atoms with Crippen LogP contribution in [0, 0.1) is 0 Å². The lowest BCUT2D eigenvalue weighted by molar-refractivity contribution is 0.419. The number of hydrogen-bond donors (Lipinski definition) is 2. The average Bonchev–Trinajstić information content (AvgIpc) is 2.61. The summed E-state index contributed by atoms with van der Waals surface area (Å²) in [6.45, 7) is 4.50. The van der Waals surface area contributed by atoms with E-state index in [-0.39, 0.29) is 11.2 Å². The highest BCUT2D eigenvalue weighted by Crippen LogP contribution is 2.22. The van der Waals surface area contributed by atoms with Gasteiger partial charge in [-0.2, -0.15) is 0 Å². The molecule has 0 atom stereocenters. The van der Waals surface area contributed by atoms with Gasteiger partial charge in [-0.3, -0.25) is 4.57 Å². The van der Waals surface area contributed by atoms with Gasteiger partial charge in [-0.1, -0.05) is 6.07 Å². The highest BCUT2D eigenvalue weighted by atomic mass is 16.5. The van der Waals surface area contributed by atoms with Gasteiger partial charge in [0.15, 0.2) is 0 Å². The Bertz CT molecular complexity index is 605. The van der Waals surface area contributed by atoms with Crippen LogP contribution in [-0.2, 0) is 6.54 Å².